The van der Waals surface area contributed by atoms with Crippen LogP contribution in [0, 0.1) is 18.3 Å². The zero-order chi connectivity index (χ0) is 11.0. The van der Waals surface area contributed by atoms with E-state index in [9.17, 15) is 0 Å². The maximum atomic E-state index is 8.68. The summed E-state index contributed by atoms with van der Waals surface area (Å²) in [5, 5.41) is 8.68. The Balaban J connectivity index is 2.50. The van der Waals surface area contributed by atoms with Crippen LogP contribution in [0.3, 0.4) is 0 Å². The van der Waals surface area contributed by atoms with E-state index in [1.54, 1.807) is 0 Å². The van der Waals surface area contributed by atoms with Crippen LogP contribution in [0.4, 0.5) is 5.88 Å². The molecule has 0 fully saturated rings. The van der Waals surface area contributed by atoms with Gasteiger partial charge in [0.05, 0.1) is 8.66 Å². The van der Waals surface area contributed by atoms with Crippen molar-refractivity contribution < 1.29 is 4.42 Å². The van der Waals surface area contributed by atoms with Crippen molar-refractivity contribution in [1.29, 1.82) is 5.26 Å². The fourth-order valence-electron chi connectivity index (χ4n) is 1.08. The van der Waals surface area contributed by atoms with Gasteiger partial charge in [0.1, 0.15) is 6.07 Å². The number of nitriles is 1. The first-order chi connectivity index (χ1) is 7.11. The average Bonchev–Trinajstić information content (AvgIpc) is 2.71. The van der Waals surface area contributed by atoms with Crippen molar-refractivity contribution in [2.75, 3.05) is 5.73 Å². The van der Waals surface area contributed by atoms with Gasteiger partial charge in [0.15, 0.2) is 0 Å². The van der Waals surface area contributed by atoms with Crippen LogP contribution in [0.25, 0.3) is 10.8 Å². The summed E-state index contributed by atoms with van der Waals surface area (Å²) in [5.74, 6) is 0.456. The monoisotopic (exact) mass is 283 g/mol. The SMILES string of the molecule is Cc1cc(-c2nc(C#N)c(N)o2)sc1Br. The van der Waals surface area contributed by atoms with Crippen molar-refractivity contribution in [2.24, 2.45) is 0 Å². The van der Waals surface area contributed by atoms with Crippen molar-refractivity contribution in [1.82, 2.24) is 4.98 Å². The number of nitrogens with two attached hydrogens (primary N) is 1. The highest BCUT2D eigenvalue weighted by Gasteiger charge is 2.14. The summed E-state index contributed by atoms with van der Waals surface area (Å²) in [4.78, 5) is 4.84. The van der Waals surface area contributed by atoms with Gasteiger partial charge in [-0.3, -0.25) is 0 Å². The molecule has 0 amide bonds. The summed E-state index contributed by atoms with van der Waals surface area (Å²) in [6.45, 7) is 1.97. The van der Waals surface area contributed by atoms with Crippen LogP contribution in [0.1, 0.15) is 11.3 Å². The van der Waals surface area contributed by atoms with Crippen molar-refractivity contribution in [3.63, 3.8) is 0 Å². The van der Waals surface area contributed by atoms with E-state index in [1.807, 2.05) is 19.1 Å². The first kappa shape index (κ1) is 10.2. The van der Waals surface area contributed by atoms with E-state index in [2.05, 4.69) is 20.9 Å². The molecule has 0 aromatic carbocycles. The molecule has 0 radical (unpaired) electrons. The fraction of sp³-hybridized carbons (Fsp3) is 0.111. The molecule has 0 aliphatic heterocycles. The molecule has 2 rings (SSSR count). The summed E-state index contributed by atoms with van der Waals surface area (Å²) >= 11 is 4.90. The minimum atomic E-state index is 0.0645. The number of anilines is 1. The Labute approximate surface area is 98.5 Å². The van der Waals surface area contributed by atoms with Crippen LogP contribution in [-0.2, 0) is 0 Å². The Kier molecular flexibility index (Phi) is 2.50. The van der Waals surface area contributed by atoms with Gasteiger partial charge in [0, 0.05) is 0 Å². The third-order valence-corrected chi connectivity index (χ3v) is 3.95. The maximum Gasteiger partial charge on any atom is 0.240 e. The summed E-state index contributed by atoms with van der Waals surface area (Å²) < 4.78 is 6.21. The minimum Gasteiger partial charge on any atom is -0.419 e. The molecule has 4 nitrogen and oxygen atoms in total. The molecule has 0 unspecified atom stereocenters. The van der Waals surface area contributed by atoms with Crippen molar-refractivity contribution in [2.45, 2.75) is 6.92 Å². The second kappa shape index (κ2) is 3.68. The fourth-order valence-corrected chi connectivity index (χ4v) is 2.54. The summed E-state index contributed by atoms with van der Waals surface area (Å²) in [7, 11) is 0. The van der Waals surface area contributed by atoms with E-state index in [0.717, 1.165) is 14.2 Å². The summed E-state index contributed by atoms with van der Waals surface area (Å²) in [6, 6.07) is 3.80. The highest BCUT2D eigenvalue weighted by molar-refractivity contribution is 9.11. The zero-order valence-corrected chi connectivity index (χ0v) is 10.1. The Bertz CT molecular complexity index is 533. The number of nitrogens with zero attached hydrogens (tertiary/aromatic N) is 2. The van der Waals surface area contributed by atoms with Crippen LogP contribution in [0.5, 0.6) is 0 Å². The van der Waals surface area contributed by atoms with Crippen molar-refractivity contribution in [3.05, 3.63) is 21.1 Å². The smallest absolute Gasteiger partial charge is 0.240 e. The lowest BCUT2D eigenvalue weighted by molar-refractivity contribution is 0.595. The molecule has 0 aliphatic carbocycles. The molecule has 6 heteroatoms. The van der Waals surface area contributed by atoms with Gasteiger partial charge in [-0.2, -0.15) is 10.2 Å². The molecule has 2 aromatic heterocycles. The van der Waals surface area contributed by atoms with Crippen LogP contribution in [0.2, 0.25) is 0 Å². The molecular formula is C9H6BrN3OS. The second-order valence-electron chi connectivity index (χ2n) is 2.91. The van der Waals surface area contributed by atoms with Crippen LogP contribution < -0.4 is 5.73 Å². The van der Waals surface area contributed by atoms with Gasteiger partial charge < -0.3 is 10.2 Å². The second-order valence-corrected chi connectivity index (χ2v) is 5.28. The Morgan fingerprint density at radius 2 is 2.40 bits per heavy atom. The van der Waals surface area contributed by atoms with E-state index in [-0.39, 0.29) is 11.6 Å². The molecule has 0 aliphatic rings. The number of hydrogen-bond acceptors (Lipinski definition) is 5. The lowest BCUT2D eigenvalue weighted by atomic mass is 10.3. The minimum absolute atomic E-state index is 0.0645. The summed E-state index contributed by atoms with van der Waals surface area (Å²) in [6.07, 6.45) is 0. The zero-order valence-electron chi connectivity index (χ0n) is 7.74. The van der Waals surface area contributed by atoms with Gasteiger partial charge in [0.25, 0.3) is 0 Å². The van der Waals surface area contributed by atoms with Gasteiger partial charge in [-0.05, 0) is 34.5 Å². The van der Waals surface area contributed by atoms with Gasteiger partial charge in [-0.15, -0.1) is 11.3 Å². The molecule has 0 atom stereocenters. The van der Waals surface area contributed by atoms with Crippen molar-refractivity contribution >= 4 is 33.2 Å². The average molecular weight is 284 g/mol. The number of halogens is 1. The third-order valence-electron chi connectivity index (χ3n) is 1.83. The van der Waals surface area contributed by atoms with E-state index in [1.165, 1.54) is 11.3 Å². The maximum absolute atomic E-state index is 8.68. The number of aromatic nitrogens is 1. The molecular weight excluding hydrogens is 278 g/mol. The van der Waals surface area contributed by atoms with Crippen molar-refractivity contribution in [3.8, 4) is 16.8 Å². The third kappa shape index (κ3) is 1.76. The standard InChI is InChI=1S/C9H6BrN3OS/c1-4-2-6(15-7(4)10)9-13-5(3-11)8(12)14-9/h2H,12H2,1H3. The molecule has 0 saturated heterocycles. The van der Waals surface area contributed by atoms with Crippen LogP contribution in [-0.4, -0.2) is 4.98 Å². The van der Waals surface area contributed by atoms with Gasteiger partial charge >= 0.3 is 0 Å². The molecule has 2 heterocycles. The van der Waals surface area contributed by atoms with E-state index < -0.39 is 0 Å². The van der Waals surface area contributed by atoms with Gasteiger partial charge in [-0.1, -0.05) is 0 Å². The van der Waals surface area contributed by atoms with Crippen LogP contribution in [0.15, 0.2) is 14.3 Å². The highest BCUT2D eigenvalue weighted by atomic mass is 79.9. The predicted molar refractivity (Wildman–Crippen MR) is 61.4 cm³/mol. The first-order valence-electron chi connectivity index (χ1n) is 4.04. The topological polar surface area (TPSA) is 75.8 Å². The molecule has 76 valence electrons. The number of thiophene rings is 1. The van der Waals surface area contributed by atoms with Gasteiger partial charge in [-0.25, -0.2) is 0 Å². The molecule has 15 heavy (non-hydrogen) atoms. The van der Waals surface area contributed by atoms with Crippen LogP contribution >= 0.6 is 27.3 Å². The molecule has 2 aromatic rings. The van der Waals surface area contributed by atoms with E-state index in [0.29, 0.717) is 5.89 Å². The highest BCUT2D eigenvalue weighted by Crippen LogP contribution is 2.35. The Hall–Kier alpha value is -1.32. The lowest BCUT2D eigenvalue weighted by Crippen LogP contribution is -1.83. The number of nitrogen functional groups attached to an aromatic ring is 1. The Morgan fingerprint density at radius 1 is 1.67 bits per heavy atom. The number of rotatable bonds is 1. The molecule has 0 bridgehead atoms. The van der Waals surface area contributed by atoms with E-state index in [4.69, 9.17) is 15.4 Å². The summed E-state index contributed by atoms with van der Waals surface area (Å²) in [5.41, 5.74) is 6.71. The Morgan fingerprint density at radius 3 is 2.87 bits per heavy atom. The number of hydrogen-bond donors (Lipinski definition) is 1. The lowest BCUT2D eigenvalue weighted by Gasteiger charge is -1.84. The molecule has 2 N–H and O–H groups in total. The predicted octanol–water partition coefficient (Wildman–Crippen LogP) is 2.93. The molecule has 0 saturated carbocycles. The van der Waals surface area contributed by atoms with Gasteiger partial charge in [0.2, 0.25) is 17.5 Å². The number of aryl methyl sites for hydroxylation is 1. The largest absolute Gasteiger partial charge is 0.419 e. The quantitative estimate of drug-likeness (QED) is 0.873. The normalized spacial score (nSPS) is 10.2. The van der Waals surface area contributed by atoms with E-state index >= 15 is 0 Å². The first-order valence-corrected chi connectivity index (χ1v) is 5.65. The number of oxazole rings is 1. The molecule has 0 spiro atoms.